The molecule has 0 saturated carbocycles. The molecule has 0 radical (unpaired) electrons. The standard InChI is InChI=1S/C14H20O3S/c1-5-11-6-8-12(9-7-11)10-13(15)14(2,3)18(4,16)17/h6-9H,5,10H2,1-4H3. The van der Waals surface area contributed by atoms with Gasteiger partial charge in [0.15, 0.2) is 15.6 Å². The number of carbonyl (C=O) groups excluding carboxylic acids is 1. The molecular formula is C14H20O3S. The molecule has 0 saturated heterocycles. The first-order valence-corrected chi connectivity index (χ1v) is 7.88. The highest BCUT2D eigenvalue weighted by atomic mass is 32.2. The summed E-state index contributed by atoms with van der Waals surface area (Å²) >= 11 is 0. The average Bonchev–Trinajstić information content (AvgIpc) is 2.28. The second-order valence-corrected chi connectivity index (χ2v) is 7.62. The van der Waals surface area contributed by atoms with Gasteiger partial charge in [0.1, 0.15) is 4.75 Å². The second-order valence-electron chi connectivity index (χ2n) is 5.05. The zero-order valence-electron chi connectivity index (χ0n) is 11.4. The van der Waals surface area contributed by atoms with Crippen molar-refractivity contribution in [2.45, 2.75) is 38.4 Å². The monoisotopic (exact) mass is 268 g/mol. The maximum Gasteiger partial charge on any atom is 0.159 e. The number of aryl methyl sites for hydroxylation is 1. The van der Waals surface area contributed by atoms with Gasteiger partial charge in [0.05, 0.1) is 0 Å². The van der Waals surface area contributed by atoms with E-state index >= 15 is 0 Å². The van der Waals surface area contributed by atoms with E-state index in [0.29, 0.717) is 0 Å². The molecule has 0 fully saturated rings. The topological polar surface area (TPSA) is 51.2 Å². The van der Waals surface area contributed by atoms with E-state index in [1.54, 1.807) is 0 Å². The SMILES string of the molecule is CCc1ccc(CC(=O)C(C)(C)S(C)(=O)=O)cc1. The number of hydrogen-bond acceptors (Lipinski definition) is 3. The van der Waals surface area contributed by atoms with E-state index in [0.717, 1.165) is 18.2 Å². The molecule has 0 N–H and O–H groups in total. The highest BCUT2D eigenvalue weighted by Crippen LogP contribution is 2.19. The van der Waals surface area contributed by atoms with E-state index in [4.69, 9.17) is 0 Å². The number of hydrogen-bond donors (Lipinski definition) is 0. The third-order valence-corrected chi connectivity index (χ3v) is 5.48. The molecule has 4 heteroatoms. The fourth-order valence-electron chi connectivity index (χ4n) is 1.50. The van der Waals surface area contributed by atoms with Crippen LogP contribution in [0.5, 0.6) is 0 Å². The van der Waals surface area contributed by atoms with Gasteiger partial charge in [0.25, 0.3) is 0 Å². The minimum Gasteiger partial charge on any atom is -0.298 e. The van der Waals surface area contributed by atoms with Crippen LogP contribution in [0.3, 0.4) is 0 Å². The Morgan fingerprint density at radius 1 is 1.11 bits per heavy atom. The number of sulfone groups is 1. The summed E-state index contributed by atoms with van der Waals surface area (Å²) in [4.78, 5) is 12.1. The van der Waals surface area contributed by atoms with Crippen LogP contribution in [0.4, 0.5) is 0 Å². The van der Waals surface area contributed by atoms with E-state index in [9.17, 15) is 13.2 Å². The molecule has 0 atom stereocenters. The molecule has 0 heterocycles. The Hall–Kier alpha value is -1.16. The molecule has 0 aromatic heterocycles. The van der Waals surface area contributed by atoms with Crippen molar-refractivity contribution in [3.05, 3.63) is 35.4 Å². The Kier molecular flexibility index (Phi) is 4.32. The van der Waals surface area contributed by atoms with Crippen molar-refractivity contribution >= 4 is 15.6 Å². The third kappa shape index (κ3) is 3.19. The van der Waals surface area contributed by atoms with Crippen molar-refractivity contribution in [3.63, 3.8) is 0 Å². The molecule has 0 spiro atoms. The highest BCUT2D eigenvalue weighted by molar-refractivity contribution is 7.92. The Labute approximate surface area is 109 Å². The summed E-state index contributed by atoms with van der Waals surface area (Å²) in [6.07, 6.45) is 2.21. The fraction of sp³-hybridized carbons (Fsp3) is 0.500. The second kappa shape index (κ2) is 5.22. The maximum atomic E-state index is 12.1. The van der Waals surface area contributed by atoms with Crippen LogP contribution >= 0.6 is 0 Å². The minimum atomic E-state index is -3.38. The van der Waals surface area contributed by atoms with Gasteiger partial charge < -0.3 is 0 Å². The van der Waals surface area contributed by atoms with Crippen molar-refractivity contribution in [1.29, 1.82) is 0 Å². The van der Waals surface area contributed by atoms with Gasteiger partial charge in [0.2, 0.25) is 0 Å². The largest absolute Gasteiger partial charge is 0.298 e. The van der Waals surface area contributed by atoms with E-state index in [1.807, 2.05) is 24.3 Å². The number of benzene rings is 1. The van der Waals surface area contributed by atoms with Gasteiger partial charge in [-0.3, -0.25) is 4.79 Å². The molecule has 0 aliphatic carbocycles. The van der Waals surface area contributed by atoms with Gasteiger partial charge in [-0.2, -0.15) is 0 Å². The van der Waals surface area contributed by atoms with E-state index in [2.05, 4.69) is 6.92 Å². The Balaban J connectivity index is 2.88. The van der Waals surface area contributed by atoms with Crippen molar-refractivity contribution in [2.24, 2.45) is 0 Å². The molecule has 0 bridgehead atoms. The number of carbonyl (C=O) groups is 1. The molecule has 0 amide bonds. The molecule has 1 rings (SSSR count). The Morgan fingerprint density at radius 2 is 1.56 bits per heavy atom. The summed E-state index contributed by atoms with van der Waals surface area (Å²) < 4.78 is 21.8. The van der Waals surface area contributed by atoms with Crippen LogP contribution < -0.4 is 0 Å². The lowest BCUT2D eigenvalue weighted by atomic mass is 9.99. The van der Waals surface area contributed by atoms with Crippen LogP contribution in [0, 0.1) is 0 Å². The van der Waals surface area contributed by atoms with Crippen LogP contribution in [-0.4, -0.2) is 25.2 Å². The Morgan fingerprint density at radius 3 is 1.94 bits per heavy atom. The van der Waals surface area contributed by atoms with Gasteiger partial charge in [-0.25, -0.2) is 8.42 Å². The van der Waals surface area contributed by atoms with Crippen molar-refractivity contribution in [3.8, 4) is 0 Å². The molecule has 1 aromatic carbocycles. The summed E-state index contributed by atoms with van der Waals surface area (Å²) in [5, 5.41) is 0. The molecule has 1 aromatic rings. The number of rotatable bonds is 5. The van der Waals surface area contributed by atoms with Gasteiger partial charge in [0, 0.05) is 12.7 Å². The van der Waals surface area contributed by atoms with Gasteiger partial charge in [-0.15, -0.1) is 0 Å². The van der Waals surface area contributed by atoms with Crippen LogP contribution in [0.2, 0.25) is 0 Å². The molecule has 0 aliphatic rings. The first-order valence-electron chi connectivity index (χ1n) is 5.99. The summed E-state index contributed by atoms with van der Waals surface area (Å²) in [5.41, 5.74) is 2.06. The van der Waals surface area contributed by atoms with Crippen molar-refractivity contribution < 1.29 is 13.2 Å². The minimum absolute atomic E-state index is 0.157. The van der Waals surface area contributed by atoms with Gasteiger partial charge in [-0.1, -0.05) is 31.2 Å². The zero-order valence-corrected chi connectivity index (χ0v) is 12.2. The molecule has 18 heavy (non-hydrogen) atoms. The van der Waals surface area contributed by atoms with Crippen LogP contribution in [0.1, 0.15) is 31.9 Å². The summed E-state index contributed by atoms with van der Waals surface area (Å²) in [5.74, 6) is -0.269. The van der Waals surface area contributed by atoms with Crippen LogP contribution in [0.15, 0.2) is 24.3 Å². The van der Waals surface area contributed by atoms with E-state index in [-0.39, 0.29) is 12.2 Å². The van der Waals surface area contributed by atoms with Gasteiger partial charge in [-0.05, 0) is 31.4 Å². The summed E-state index contributed by atoms with van der Waals surface area (Å²) in [7, 11) is -3.38. The number of Topliss-reactive ketones (excluding diaryl/α,β-unsaturated/α-hetero) is 1. The van der Waals surface area contributed by atoms with Gasteiger partial charge >= 0.3 is 0 Å². The lowest BCUT2D eigenvalue weighted by molar-refractivity contribution is -0.120. The zero-order chi connectivity index (χ0) is 14.0. The predicted octanol–water partition coefficient (Wildman–Crippen LogP) is 2.18. The highest BCUT2D eigenvalue weighted by Gasteiger charge is 2.37. The maximum absolute atomic E-state index is 12.1. The Bertz CT molecular complexity index is 525. The van der Waals surface area contributed by atoms with Crippen LogP contribution in [-0.2, 0) is 27.5 Å². The van der Waals surface area contributed by atoms with Crippen molar-refractivity contribution in [2.75, 3.05) is 6.26 Å². The predicted molar refractivity (Wildman–Crippen MR) is 73.5 cm³/mol. The quantitative estimate of drug-likeness (QED) is 0.822. The smallest absolute Gasteiger partial charge is 0.159 e. The van der Waals surface area contributed by atoms with E-state index < -0.39 is 14.6 Å². The number of ketones is 1. The third-order valence-electron chi connectivity index (χ3n) is 3.39. The lowest BCUT2D eigenvalue weighted by Gasteiger charge is -2.20. The first kappa shape index (κ1) is 14.9. The van der Waals surface area contributed by atoms with Crippen molar-refractivity contribution in [1.82, 2.24) is 0 Å². The lowest BCUT2D eigenvalue weighted by Crippen LogP contribution is -2.40. The molecule has 0 unspecified atom stereocenters. The average molecular weight is 268 g/mol. The molecular weight excluding hydrogens is 248 g/mol. The summed E-state index contributed by atoms with van der Waals surface area (Å²) in [6.45, 7) is 4.99. The van der Waals surface area contributed by atoms with E-state index in [1.165, 1.54) is 19.4 Å². The molecule has 3 nitrogen and oxygen atoms in total. The molecule has 0 aliphatic heterocycles. The first-order chi connectivity index (χ1) is 8.18. The fourth-order valence-corrected chi connectivity index (χ4v) is 1.98. The normalized spacial score (nSPS) is 12.4. The molecule has 100 valence electrons. The summed E-state index contributed by atoms with van der Waals surface area (Å²) in [6, 6.07) is 7.70. The van der Waals surface area contributed by atoms with Crippen LogP contribution in [0.25, 0.3) is 0 Å².